The Bertz CT molecular complexity index is 220. The van der Waals surface area contributed by atoms with Gasteiger partial charge in [-0.2, -0.15) is 0 Å². The predicted molar refractivity (Wildman–Crippen MR) is 65.1 cm³/mol. The second-order valence-corrected chi connectivity index (χ2v) is 4.56. The zero-order valence-electron chi connectivity index (χ0n) is 10.1. The van der Waals surface area contributed by atoms with Crippen LogP contribution in [0.3, 0.4) is 0 Å². The molecule has 0 aliphatic heterocycles. The number of terminal acetylenes is 1. The summed E-state index contributed by atoms with van der Waals surface area (Å²) in [4.78, 5) is 0. The first kappa shape index (κ1) is 13.5. The van der Waals surface area contributed by atoms with Crippen LogP contribution in [0.5, 0.6) is 0 Å². The van der Waals surface area contributed by atoms with Gasteiger partial charge in [0.25, 0.3) is 0 Å². The SMILES string of the molecule is C#CCC(CC)NCC(O)COCC1CC1. The van der Waals surface area contributed by atoms with Crippen molar-refractivity contribution in [3.8, 4) is 12.3 Å². The van der Waals surface area contributed by atoms with Gasteiger partial charge in [0.15, 0.2) is 0 Å². The molecule has 0 spiro atoms. The Morgan fingerprint density at radius 2 is 2.31 bits per heavy atom. The van der Waals surface area contributed by atoms with Crippen molar-refractivity contribution in [2.45, 2.75) is 44.8 Å². The van der Waals surface area contributed by atoms with Gasteiger partial charge in [-0.25, -0.2) is 0 Å². The van der Waals surface area contributed by atoms with E-state index in [0.717, 1.165) is 18.9 Å². The summed E-state index contributed by atoms with van der Waals surface area (Å²) in [7, 11) is 0. The van der Waals surface area contributed by atoms with Crippen LogP contribution in [-0.2, 0) is 4.74 Å². The highest BCUT2D eigenvalue weighted by atomic mass is 16.5. The summed E-state index contributed by atoms with van der Waals surface area (Å²) in [6.45, 7) is 3.88. The first-order valence-electron chi connectivity index (χ1n) is 6.18. The van der Waals surface area contributed by atoms with Gasteiger partial charge in [0.05, 0.1) is 12.7 Å². The fourth-order valence-corrected chi connectivity index (χ4v) is 1.52. The highest BCUT2D eigenvalue weighted by Gasteiger charge is 2.21. The van der Waals surface area contributed by atoms with Crippen molar-refractivity contribution < 1.29 is 9.84 Å². The molecule has 0 saturated heterocycles. The van der Waals surface area contributed by atoms with E-state index in [1.54, 1.807) is 0 Å². The Labute approximate surface area is 98.6 Å². The first-order valence-corrected chi connectivity index (χ1v) is 6.18. The van der Waals surface area contributed by atoms with Gasteiger partial charge in [-0.3, -0.25) is 0 Å². The van der Waals surface area contributed by atoms with E-state index in [0.29, 0.717) is 25.6 Å². The second-order valence-electron chi connectivity index (χ2n) is 4.56. The van der Waals surface area contributed by atoms with E-state index in [4.69, 9.17) is 11.2 Å². The summed E-state index contributed by atoms with van der Waals surface area (Å²) >= 11 is 0. The molecule has 1 aliphatic carbocycles. The summed E-state index contributed by atoms with van der Waals surface area (Å²) in [5.41, 5.74) is 0. The standard InChI is InChI=1S/C13H23NO2/c1-3-5-12(4-2)14-8-13(15)10-16-9-11-6-7-11/h1,11-15H,4-10H2,2H3. The quantitative estimate of drug-likeness (QED) is 0.579. The maximum Gasteiger partial charge on any atom is 0.0897 e. The third-order valence-electron chi connectivity index (χ3n) is 2.86. The molecule has 3 nitrogen and oxygen atoms in total. The molecule has 1 saturated carbocycles. The Morgan fingerprint density at radius 1 is 1.56 bits per heavy atom. The number of hydrogen-bond donors (Lipinski definition) is 2. The lowest BCUT2D eigenvalue weighted by atomic mass is 10.1. The number of aliphatic hydroxyl groups excluding tert-OH is 1. The Balaban J connectivity index is 1.98. The van der Waals surface area contributed by atoms with E-state index < -0.39 is 6.10 Å². The van der Waals surface area contributed by atoms with Crippen LogP contribution in [0.25, 0.3) is 0 Å². The summed E-state index contributed by atoms with van der Waals surface area (Å²) < 4.78 is 5.41. The summed E-state index contributed by atoms with van der Waals surface area (Å²) in [5.74, 6) is 3.39. The lowest BCUT2D eigenvalue weighted by molar-refractivity contribution is 0.0313. The van der Waals surface area contributed by atoms with Gasteiger partial charge < -0.3 is 15.2 Å². The molecule has 1 fully saturated rings. The fraction of sp³-hybridized carbons (Fsp3) is 0.846. The van der Waals surface area contributed by atoms with Crippen molar-refractivity contribution >= 4 is 0 Å². The maximum absolute atomic E-state index is 9.66. The van der Waals surface area contributed by atoms with Crippen LogP contribution in [0.2, 0.25) is 0 Å². The van der Waals surface area contributed by atoms with E-state index in [1.165, 1.54) is 12.8 Å². The third kappa shape index (κ3) is 6.12. The lowest BCUT2D eigenvalue weighted by Gasteiger charge is -2.17. The molecule has 0 bridgehead atoms. The Hall–Kier alpha value is -0.560. The predicted octanol–water partition coefficient (Wildman–Crippen LogP) is 1.17. The van der Waals surface area contributed by atoms with Gasteiger partial charge in [0, 0.05) is 25.6 Å². The largest absolute Gasteiger partial charge is 0.389 e. The van der Waals surface area contributed by atoms with Gasteiger partial charge in [-0.05, 0) is 25.2 Å². The van der Waals surface area contributed by atoms with E-state index in [1.807, 2.05) is 0 Å². The number of rotatable bonds is 9. The summed E-state index contributed by atoms with van der Waals surface area (Å²) in [5, 5.41) is 12.9. The summed E-state index contributed by atoms with van der Waals surface area (Å²) in [6, 6.07) is 0.308. The Kier molecular flexibility index (Phi) is 6.47. The van der Waals surface area contributed by atoms with Gasteiger partial charge in [0.2, 0.25) is 0 Å². The zero-order chi connectivity index (χ0) is 11.8. The normalized spacial score (nSPS) is 19.1. The molecule has 0 radical (unpaired) electrons. The fourth-order valence-electron chi connectivity index (χ4n) is 1.52. The molecule has 1 rings (SSSR count). The minimum atomic E-state index is -0.425. The molecule has 2 unspecified atom stereocenters. The molecule has 0 amide bonds. The second kappa shape index (κ2) is 7.67. The molecule has 0 aromatic carbocycles. The molecule has 16 heavy (non-hydrogen) atoms. The smallest absolute Gasteiger partial charge is 0.0897 e. The minimum absolute atomic E-state index is 0.308. The van der Waals surface area contributed by atoms with Gasteiger partial charge in [-0.15, -0.1) is 12.3 Å². The van der Waals surface area contributed by atoms with Gasteiger partial charge >= 0.3 is 0 Å². The van der Waals surface area contributed by atoms with Crippen molar-refractivity contribution in [2.75, 3.05) is 19.8 Å². The monoisotopic (exact) mass is 225 g/mol. The Morgan fingerprint density at radius 3 is 2.88 bits per heavy atom. The van der Waals surface area contributed by atoms with Crippen molar-refractivity contribution in [3.05, 3.63) is 0 Å². The molecule has 0 aromatic rings. The van der Waals surface area contributed by atoms with Crippen LogP contribution in [-0.4, -0.2) is 37.0 Å². The topological polar surface area (TPSA) is 41.5 Å². The molecular formula is C13H23NO2. The number of nitrogens with one attached hydrogen (secondary N) is 1. The van der Waals surface area contributed by atoms with Crippen molar-refractivity contribution in [3.63, 3.8) is 0 Å². The van der Waals surface area contributed by atoms with Crippen molar-refractivity contribution in [1.29, 1.82) is 0 Å². The van der Waals surface area contributed by atoms with Crippen LogP contribution in [0.4, 0.5) is 0 Å². The van der Waals surface area contributed by atoms with Crippen LogP contribution in [0.15, 0.2) is 0 Å². The van der Waals surface area contributed by atoms with E-state index >= 15 is 0 Å². The minimum Gasteiger partial charge on any atom is -0.389 e. The zero-order valence-corrected chi connectivity index (χ0v) is 10.1. The molecule has 3 heteroatoms. The maximum atomic E-state index is 9.66. The summed E-state index contributed by atoms with van der Waals surface area (Å²) in [6.07, 6.45) is 9.10. The van der Waals surface area contributed by atoms with E-state index in [9.17, 15) is 5.11 Å². The van der Waals surface area contributed by atoms with Crippen LogP contribution >= 0.6 is 0 Å². The number of hydrogen-bond acceptors (Lipinski definition) is 3. The van der Waals surface area contributed by atoms with Crippen molar-refractivity contribution in [2.24, 2.45) is 5.92 Å². The molecule has 92 valence electrons. The molecule has 2 atom stereocenters. The molecular weight excluding hydrogens is 202 g/mol. The van der Waals surface area contributed by atoms with E-state index in [2.05, 4.69) is 18.2 Å². The van der Waals surface area contributed by atoms with E-state index in [-0.39, 0.29) is 0 Å². The van der Waals surface area contributed by atoms with Crippen LogP contribution in [0.1, 0.15) is 32.6 Å². The average Bonchev–Trinajstić information content (AvgIpc) is 3.08. The molecule has 0 aromatic heterocycles. The average molecular weight is 225 g/mol. The number of ether oxygens (including phenoxy) is 1. The first-order chi connectivity index (χ1) is 7.76. The van der Waals surface area contributed by atoms with Gasteiger partial charge in [-0.1, -0.05) is 6.92 Å². The highest BCUT2D eigenvalue weighted by molar-refractivity contribution is 4.89. The molecule has 0 heterocycles. The molecule has 1 aliphatic rings. The molecule has 2 N–H and O–H groups in total. The third-order valence-corrected chi connectivity index (χ3v) is 2.86. The van der Waals surface area contributed by atoms with Crippen LogP contribution in [0, 0.1) is 18.3 Å². The van der Waals surface area contributed by atoms with Gasteiger partial charge in [0.1, 0.15) is 0 Å². The number of aliphatic hydroxyl groups is 1. The lowest BCUT2D eigenvalue weighted by Crippen LogP contribution is -2.37. The highest BCUT2D eigenvalue weighted by Crippen LogP contribution is 2.28. The van der Waals surface area contributed by atoms with Crippen LogP contribution < -0.4 is 5.32 Å². The van der Waals surface area contributed by atoms with Crippen molar-refractivity contribution in [1.82, 2.24) is 5.32 Å².